The summed E-state index contributed by atoms with van der Waals surface area (Å²) < 4.78 is 19.2. The van der Waals surface area contributed by atoms with Gasteiger partial charge in [-0.25, -0.2) is 9.37 Å². The number of ether oxygens (including phenoxy) is 1. The number of rotatable bonds is 3. The maximum Gasteiger partial charge on any atom is 0.223 e. The molecule has 2 aliphatic rings. The molecule has 2 saturated heterocycles. The Morgan fingerprint density at radius 3 is 2.65 bits per heavy atom. The van der Waals surface area contributed by atoms with Crippen LogP contribution >= 0.6 is 11.6 Å². The van der Waals surface area contributed by atoms with Crippen molar-refractivity contribution in [2.75, 3.05) is 44.3 Å². The van der Waals surface area contributed by atoms with Gasteiger partial charge in [0, 0.05) is 38.8 Å². The molecule has 0 spiro atoms. The van der Waals surface area contributed by atoms with E-state index in [2.05, 4.69) is 4.98 Å². The first-order valence-electron chi connectivity index (χ1n) is 8.05. The largest absolute Gasteiger partial charge is 0.378 e. The van der Waals surface area contributed by atoms with Crippen LogP contribution in [0.2, 0.25) is 5.02 Å². The van der Waals surface area contributed by atoms with E-state index in [9.17, 15) is 9.18 Å². The molecule has 126 valence electrons. The number of aromatic nitrogens is 1. The zero-order chi connectivity index (χ0) is 16.2. The SMILES string of the molecule is O=C(CC1CCN(c2ncc(Cl)cc2F)CC1)N1CCOCC1. The van der Waals surface area contributed by atoms with Gasteiger partial charge in [-0.15, -0.1) is 0 Å². The molecule has 0 atom stereocenters. The van der Waals surface area contributed by atoms with Crippen molar-refractivity contribution in [2.24, 2.45) is 5.92 Å². The summed E-state index contributed by atoms with van der Waals surface area (Å²) in [6.45, 7) is 4.08. The van der Waals surface area contributed by atoms with Gasteiger partial charge in [-0.3, -0.25) is 4.79 Å². The summed E-state index contributed by atoms with van der Waals surface area (Å²) in [5, 5.41) is 0.303. The lowest BCUT2D eigenvalue weighted by Gasteiger charge is -2.34. The molecule has 1 aromatic rings. The molecule has 0 unspecified atom stereocenters. The van der Waals surface area contributed by atoms with Gasteiger partial charge in [0.05, 0.1) is 18.2 Å². The number of nitrogens with zero attached hydrogens (tertiary/aromatic N) is 3. The molecule has 0 radical (unpaired) electrons. The molecule has 3 heterocycles. The summed E-state index contributed by atoms with van der Waals surface area (Å²) in [5.41, 5.74) is 0. The first kappa shape index (κ1) is 16.5. The standard InChI is InChI=1S/C16H21ClFN3O2/c17-13-10-14(18)16(19-11-13)21-3-1-12(2-4-21)9-15(22)20-5-7-23-8-6-20/h10-12H,1-9H2. The van der Waals surface area contributed by atoms with Crippen LogP contribution in [0.3, 0.4) is 0 Å². The molecule has 0 aromatic carbocycles. The maximum atomic E-state index is 13.9. The van der Waals surface area contributed by atoms with Gasteiger partial charge < -0.3 is 14.5 Å². The minimum absolute atomic E-state index is 0.211. The van der Waals surface area contributed by atoms with Gasteiger partial charge in [-0.2, -0.15) is 0 Å². The number of hydrogen-bond donors (Lipinski definition) is 0. The highest BCUT2D eigenvalue weighted by Crippen LogP contribution is 2.27. The molecule has 1 amide bonds. The summed E-state index contributed by atoms with van der Waals surface area (Å²) in [6, 6.07) is 1.29. The lowest BCUT2D eigenvalue weighted by Crippen LogP contribution is -2.42. The topological polar surface area (TPSA) is 45.7 Å². The molecule has 0 aliphatic carbocycles. The van der Waals surface area contributed by atoms with Gasteiger partial charge in [0.2, 0.25) is 5.91 Å². The van der Waals surface area contributed by atoms with Crippen molar-refractivity contribution in [3.63, 3.8) is 0 Å². The zero-order valence-corrected chi connectivity index (χ0v) is 13.8. The van der Waals surface area contributed by atoms with E-state index in [0.29, 0.717) is 62.6 Å². The van der Waals surface area contributed by atoms with E-state index in [-0.39, 0.29) is 11.7 Å². The van der Waals surface area contributed by atoms with E-state index in [0.717, 1.165) is 12.8 Å². The summed E-state index contributed by atoms with van der Waals surface area (Å²) in [6.07, 6.45) is 3.79. The fourth-order valence-corrected chi connectivity index (χ4v) is 3.32. The number of amides is 1. The highest BCUT2D eigenvalue weighted by Gasteiger charge is 2.26. The summed E-state index contributed by atoms with van der Waals surface area (Å²) >= 11 is 5.74. The predicted octanol–water partition coefficient (Wildman–Crippen LogP) is 2.34. The van der Waals surface area contributed by atoms with E-state index in [1.165, 1.54) is 12.3 Å². The third-order valence-electron chi connectivity index (χ3n) is 4.53. The Balaban J connectivity index is 1.51. The van der Waals surface area contributed by atoms with Gasteiger partial charge in [0.1, 0.15) is 0 Å². The number of piperidine rings is 1. The van der Waals surface area contributed by atoms with E-state index >= 15 is 0 Å². The van der Waals surface area contributed by atoms with E-state index < -0.39 is 0 Å². The van der Waals surface area contributed by atoms with Crippen molar-refractivity contribution in [3.05, 3.63) is 23.1 Å². The molecule has 0 N–H and O–H groups in total. The molecular weight excluding hydrogens is 321 g/mol. The normalized spacial score (nSPS) is 19.9. The quantitative estimate of drug-likeness (QED) is 0.846. The Bertz CT molecular complexity index is 558. The number of halogens is 2. The molecule has 0 saturated carbocycles. The van der Waals surface area contributed by atoms with Crippen molar-refractivity contribution >= 4 is 23.3 Å². The van der Waals surface area contributed by atoms with Crippen LogP contribution in [0.1, 0.15) is 19.3 Å². The van der Waals surface area contributed by atoms with Crippen molar-refractivity contribution in [1.82, 2.24) is 9.88 Å². The van der Waals surface area contributed by atoms with Crippen molar-refractivity contribution in [1.29, 1.82) is 0 Å². The third-order valence-corrected chi connectivity index (χ3v) is 4.74. The molecule has 23 heavy (non-hydrogen) atoms. The van der Waals surface area contributed by atoms with Crippen LogP contribution < -0.4 is 4.90 Å². The maximum absolute atomic E-state index is 13.9. The molecule has 3 rings (SSSR count). The number of pyridine rings is 1. The lowest BCUT2D eigenvalue weighted by molar-refractivity contribution is -0.136. The molecule has 5 nitrogen and oxygen atoms in total. The molecule has 7 heteroatoms. The van der Waals surface area contributed by atoms with Gasteiger partial charge in [-0.1, -0.05) is 11.6 Å². The van der Waals surface area contributed by atoms with Crippen LogP contribution in [-0.2, 0) is 9.53 Å². The van der Waals surface area contributed by atoms with Crippen LogP contribution in [0.4, 0.5) is 10.2 Å². The lowest BCUT2D eigenvalue weighted by atomic mass is 9.93. The van der Waals surface area contributed by atoms with Crippen LogP contribution in [0.25, 0.3) is 0 Å². The van der Waals surface area contributed by atoms with Gasteiger partial charge in [0.15, 0.2) is 11.6 Å². The third kappa shape index (κ3) is 4.12. The number of hydrogen-bond acceptors (Lipinski definition) is 4. The molecule has 2 fully saturated rings. The number of anilines is 1. The Morgan fingerprint density at radius 2 is 2.00 bits per heavy atom. The Kier molecular flexibility index (Phi) is 5.33. The Morgan fingerprint density at radius 1 is 1.30 bits per heavy atom. The fraction of sp³-hybridized carbons (Fsp3) is 0.625. The van der Waals surface area contributed by atoms with Crippen LogP contribution in [0.15, 0.2) is 12.3 Å². The van der Waals surface area contributed by atoms with Crippen LogP contribution in [0.5, 0.6) is 0 Å². The molecule has 1 aromatic heterocycles. The second-order valence-electron chi connectivity index (χ2n) is 6.09. The van der Waals surface area contributed by atoms with E-state index in [1.54, 1.807) is 0 Å². The number of carbonyl (C=O) groups excluding carboxylic acids is 1. The molecule has 0 bridgehead atoms. The van der Waals surface area contributed by atoms with Crippen molar-refractivity contribution in [3.8, 4) is 0 Å². The van der Waals surface area contributed by atoms with Crippen LogP contribution in [0, 0.1) is 11.7 Å². The Labute approximate surface area is 140 Å². The Hall–Kier alpha value is -1.40. The minimum atomic E-state index is -0.389. The average Bonchev–Trinajstić information content (AvgIpc) is 2.57. The molecular formula is C16H21ClFN3O2. The molecule has 2 aliphatic heterocycles. The van der Waals surface area contributed by atoms with Gasteiger partial charge >= 0.3 is 0 Å². The second-order valence-corrected chi connectivity index (χ2v) is 6.52. The van der Waals surface area contributed by atoms with Crippen molar-refractivity contribution < 1.29 is 13.9 Å². The first-order valence-corrected chi connectivity index (χ1v) is 8.43. The minimum Gasteiger partial charge on any atom is -0.378 e. The van der Waals surface area contributed by atoms with Crippen LogP contribution in [-0.4, -0.2) is 55.2 Å². The van der Waals surface area contributed by atoms with Gasteiger partial charge in [0.25, 0.3) is 0 Å². The average molecular weight is 342 g/mol. The summed E-state index contributed by atoms with van der Waals surface area (Å²) in [7, 11) is 0. The monoisotopic (exact) mass is 341 g/mol. The zero-order valence-electron chi connectivity index (χ0n) is 13.0. The fourth-order valence-electron chi connectivity index (χ4n) is 3.18. The predicted molar refractivity (Wildman–Crippen MR) is 86.2 cm³/mol. The van der Waals surface area contributed by atoms with E-state index in [4.69, 9.17) is 16.3 Å². The highest BCUT2D eigenvalue weighted by molar-refractivity contribution is 6.30. The number of carbonyl (C=O) groups is 1. The van der Waals surface area contributed by atoms with Crippen molar-refractivity contribution in [2.45, 2.75) is 19.3 Å². The number of morpholine rings is 1. The summed E-state index contributed by atoms with van der Waals surface area (Å²) in [4.78, 5) is 20.2. The summed E-state index contributed by atoms with van der Waals surface area (Å²) in [5.74, 6) is 0.534. The van der Waals surface area contributed by atoms with Gasteiger partial charge in [-0.05, 0) is 24.8 Å². The first-order chi connectivity index (χ1) is 11.1. The van der Waals surface area contributed by atoms with E-state index in [1.807, 2.05) is 9.80 Å². The highest BCUT2D eigenvalue weighted by atomic mass is 35.5. The second kappa shape index (κ2) is 7.45. The smallest absolute Gasteiger partial charge is 0.223 e.